The molecule has 2 unspecified atom stereocenters. The van der Waals surface area contributed by atoms with Crippen molar-refractivity contribution in [3.63, 3.8) is 0 Å². The molecule has 4 heterocycles. The Kier molecular flexibility index (Phi) is 11.4. The molecule has 3 amide bonds. The number of fused-ring (bicyclic) bond motifs is 1. The van der Waals surface area contributed by atoms with Gasteiger partial charge in [-0.25, -0.2) is 0 Å². The van der Waals surface area contributed by atoms with Crippen LogP contribution in [0.2, 0.25) is 0 Å². The zero-order valence-corrected chi connectivity index (χ0v) is 27.5. The van der Waals surface area contributed by atoms with Crippen LogP contribution in [0.5, 0.6) is 0 Å². The Morgan fingerprint density at radius 2 is 1.72 bits per heavy atom. The van der Waals surface area contributed by atoms with Crippen LogP contribution in [-0.4, -0.2) is 125 Å². The van der Waals surface area contributed by atoms with Crippen LogP contribution >= 0.6 is 0 Å². The minimum atomic E-state index is -1.08. The van der Waals surface area contributed by atoms with Crippen LogP contribution in [0.1, 0.15) is 51.0 Å². The van der Waals surface area contributed by atoms with E-state index in [1.54, 1.807) is 22.0 Å². The third-order valence-electron chi connectivity index (χ3n) is 10.6. The summed E-state index contributed by atoms with van der Waals surface area (Å²) in [7, 11) is 0. The maximum absolute atomic E-state index is 14.7. The number of hydrogen-bond acceptors (Lipinski definition) is 7. The highest BCUT2D eigenvalue weighted by molar-refractivity contribution is 5.99. The Balaban J connectivity index is 1.48. The monoisotopic (exact) mass is 636 g/mol. The van der Waals surface area contributed by atoms with Gasteiger partial charge in [0.1, 0.15) is 11.6 Å². The van der Waals surface area contributed by atoms with Gasteiger partial charge >= 0.3 is 0 Å². The van der Waals surface area contributed by atoms with Gasteiger partial charge < -0.3 is 29.3 Å². The molecular formula is C36H52N4O6. The Hall–Kier alpha value is -3.05. The van der Waals surface area contributed by atoms with E-state index in [4.69, 9.17) is 9.47 Å². The van der Waals surface area contributed by atoms with Gasteiger partial charge in [-0.1, -0.05) is 49.4 Å². The molecule has 1 N–H and O–H groups in total. The average molecular weight is 637 g/mol. The SMILES string of the molecule is C=CCN(CCN1CCOCC1)C(=O)C1N(CCCCCO)C(=O)[C@@H]2[C@@H](C(=O)N(CC=C)Cc3ccccc3)[C@@]3(CC)CCC12O3. The lowest BCUT2D eigenvalue weighted by molar-refractivity contribution is -0.155. The predicted molar refractivity (Wildman–Crippen MR) is 176 cm³/mol. The number of ether oxygens (including phenoxy) is 2. The summed E-state index contributed by atoms with van der Waals surface area (Å²) in [6, 6.07) is 9.02. The molecule has 0 saturated carbocycles. The molecule has 1 spiro atoms. The van der Waals surface area contributed by atoms with Gasteiger partial charge in [-0.15, -0.1) is 13.2 Å². The summed E-state index contributed by atoms with van der Waals surface area (Å²) >= 11 is 0. The molecular weight excluding hydrogens is 584 g/mol. The number of benzene rings is 1. The minimum Gasteiger partial charge on any atom is -0.396 e. The quantitative estimate of drug-likeness (QED) is 0.207. The normalized spacial score (nSPS) is 28.7. The third kappa shape index (κ3) is 6.54. The third-order valence-corrected chi connectivity index (χ3v) is 10.6. The van der Waals surface area contributed by atoms with Crippen LogP contribution in [-0.2, 0) is 30.4 Å². The summed E-state index contributed by atoms with van der Waals surface area (Å²) < 4.78 is 12.5. The van der Waals surface area contributed by atoms with Gasteiger partial charge in [-0.2, -0.15) is 0 Å². The zero-order chi connectivity index (χ0) is 32.7. The van der Waals surface area contributed by atoms with E-state index in [1.165, 1.54) is 0 Å². The lowest BCUT2D eigenvalue weighted by Gasteiger charge is -2.37. The van der Waals surface area contributed by atoms with Crippen molar-refractivity contribution in [1.29, 1.82) is 0 Å². The van der Waals surface area contributed by atoms with E-state index in [9.17, 15) is 19.5 Å². The largest absolute Gasteiger partial charge is 0.396 e. The van der Waals surface area contributed by atoms with E-state index in [1.807, 2.05) is 42.2 Å². The van der Waals surface area contributed by atoms with Crippen molar-refractivity contribution in [3.05, 3.63) is 61.2 Å². The molecule has 4 aliphatic rings. The standard InChI is InChI=1S/C36H52N4O6/c1-4-17-38(21-20-37-22-25-45-26-23-37)34(44)31-36-16-15-35(6-3,46-36)29(30(36)33(43)40(31)19-11-8-12-24-41)32(42)39(18-5-2)27-28-13-9-7-10-14-28/h4-5,7,9-10,13-14,29-31,41H,1-2,6,8,11-12,15-27H2,3H3/t29-,30-,31?,35+,36?/m0/s1. The molecule has 5 rings (SSSR count). The van der Waals surface area contributed by atoms with Crippen molar-refractivity contribution in [2.75, 3.05) is 65.6 Å². The highest BCUT2D eigenvalue weighted by Gasteiger charge is 2.79. The molecule has 1 aromatic carbocycles. The fourth-order valence-electron chi connectivity index (χ4n) is 8.28. The number of carbonyl (C=O) groups excluding carboxylic acids is 3. The molecule has 10 nitrogen and oxygen atoms in total. The summed E-state index contributed by atoms with van der Waals surface area (Å²) in [5, 5.41) is 9.39. The lowest BCUT2D eigenvalue weighted by Crippen LogP contribution is -2.57. The smallest absolute Gasteiger partial charge is 0.248 e. The molecule has 0 radical (unpaired) electrons. The second-order valence-electron chi connectivity index (χ2n) is 13.2. The second-order valence-corrected chi connectivity index (χ2v) is 13.2. The molecule has 1 aromatic rings. The Morgan fingerprint density at radius 3 is 2.39 bits per heavy atom. The van der Waals surface area contributed by atoms with E-state index in [0.29, 0.717) is 84.6 Å². The van der Waals surface area contributed by atoms with E-state index >= 15 is 0 Å². The zero-order valence-electron chi connectivity index (χ0n) is 27.5. The number of hydrogen-bond donors (Lipinski definition) is 1. The first-order chi connectivity index (χ1) is 22.4. The number of amides is 3. The van der Waals surface area contributed by atoms with Gasteiger partial charge in [-0.3, -0.25) is 19.3 Å². The second kappa shape index (κ2) is 15.2. The number of rotatable bonds is 17. The number of nitrogens with zero attached hydrogens (tertiary/aromatic N) is 4. The maximum Gasteiger partial charge on any atom is 0.248 e. The molecule has 2 bridgehead atoms. The van der Waals surface area contributed by atoms with Crippen molar-refractivity contribution in [1.82, 2.24) is 19.6 Å². The molecule has 4 aliphatic heterocycles. The van der Waals surface area contributed by atoms with Crippen LogP contribution in [0.15, 0.2) is 55.6 Å². The molecule has 0 aliphatic carbocycles. The van der Waals surface area contributed by atoms with E-state index in [0.717, 1.165) is 25.1 Å². The topological polar surface area (TPSA) is 103 Å². The van der Waals surface area contributed by atoms with Crippen molar-refractivity contribution < 1.29 is 29.0 Å². The van der Waals surface area contributed by atoms with Gasteiger partial charge in [0.05, 0.1) is 30.7 Å². The van der Waals surface area contributed by atoms with Gasteiger partial charge in [0.2, 0.25) is 17.7 Å². The predicted octanol–water partition coefficient (Wildman–Crippen LogP) is 2.87. The summed E-state index contributed by atoms with van der Waals surface area (Å²) in [6.45, 7) is 15.6. The number of morpholine rings is 1. The minimum absolute atomic E-state index is 0.0801. The summed E-state index contributed by atoms with van der Waals surface area (Å²) in [5.74, 6) is -1.86. The molecule has 4 fully saturated rings. The Morgan fingerprint density at radius 1 is 1.00 bits per heavy atom. The lowest BCUT2D eigenvalue weighted by atomic mass is 9.64. The van der Waals surface area contributed by atoms with Gasteiger partial charge in [0.15, 0.2) is 0 Å². The van der Waals surface area contributed by atoms with Gasteiger partial charge in [0.25, 0.3) is 0 Å². The fraction of sp³-hybridized carbons (Fsp3) is 0.639. The number of aliphatic hydroxyl groups is 1. The van der Waals surface area contributed by atoms with Crippen LogP contribution in [0.3, 0.4) is 0 Å². The van der Waals surface area contributed by atoms with Gasteiger partial charge in [-0.05, 0) is 44.1 Å². The summed E-state index contributed by atoms with van der Waals surface area (Å²) in [5.41, 5.74) is -0.892. The highest BCUT2D eigenvalue weighted by atomic mass is 16.5. The Bertz CT molecular complexity index is 1240. The number of aliphatic hydroxyl groups excluding tert-OH is 1. The van der Waals surface area contributed by atoms with Crippen molar-refractivity contribution in [3.8, 4) is 0 Å². The van der Waals surface area contributed by atoms with Crippen LogP contribution in [0.4, 0.5) is 0 Å². The molecule has 252 valence electrons. The highest BCUT2D eigenvalue weighted by Crippen LogP contribution is 2.64. The first-order valence-electron chi connectivity index (χ1n) is 17.1. The molecule has 46 heavy (non-hydrogen) atoms. The molecule has 4 saturated heterocycles. The first-order valence-corrected chi connectivity index (χ1v) is 17.1. The van der Waals surface area contributed by atoms with E-state index < -0.39 is 29.1 Å². The number of likely N-dealkylation sites (tertiary alicyclic amines) is 1. The fourth-order valence-corrected chi connectivity index (χ4v) is 8.28. The van der Waals surface area contributed by atoms with Crippen molar-refractivity contribution in [2.45, 2.75) is 69.2 Å². The van der Waals surface area contributed by atoms with E-state index in [-0.39, 0.29) is 24.3 Å². The van der Waals surface area contributed by atoms with E-state index in [2.05, 4.69) is 18.1 Å². The van der Waals surface area contributed by atoms with Crippen molar-refractivity contribution >= 4 is 17.7 Å². The van der Waals surface area contributed by atoms with Crippen molar-refractivity contribution in [2.24, 2.45) is 11.8 Å². The number of unbranched alkanes of at least 4 members (excludes halogenated alkanes) is 2. The van der Waals surface area contributed by atoms with Crippen LogP contribution < -0.4 is 0 Å². The van der Waals surface area contributed by atoms with Crippen LogP contribution in [0, 0.1) is 11.8 Å². The van der Waals surface area contributed by atoms with Gasteiger partial charge in [0, 0.05) is 59.0 Å². The first kappa shape index (κ1) is 34.3. The molecule has 5 atom stereocenters. The van der Waals surface area contributed by atoms with Crippen LogP contribution in [0.25, 0.3) is 0 Å². The number of carbonyl (C=O) groups is 3. The average Bonchev–Trinajstić information content (AvgIpc) is 3.68. The maximum atomic E-state index is 14.7. The molecule has 0 aromatic heterocycles. The Labute approximate surface area is 274 Å². The molecule has 10 heteroatoms. The summed E-state index contributed by atoms with van der Waals surface area (Å²) in [4.78, 5) is 51.6. The summed E-state index contributed by atoms with van der Waals surface area (Å²) in [6.07, 6.45) is 7.22.